The number of ketones is 2. The molecule has 4 atom stereocenters. The smallest absolute Gasteiger partial charge is 0.251 e. The molecule has 0 fully saturated rings. The number of carbonyl (C=O) groups excluding carboxylic acids is 3. The number of nitrogens with zero attached hydrogens (tertiary/aromatic N) is 1. The molecule has 0 saturated heterocycles. The van der Waals surface area contributed by atoms with Crippen LogP contribution in [0.25, 0.3) is 0 Å². The van der Waals surface area contributed by atoms with Crippen LogP contribution in [0.3, 0.4) is 0 Å². The number of amides is 1. The van der Waals surface area contributed by atoms with E-state index in [0.29, 0.717) is 29.3 Å². The van der Waals surface area contributed by atoms with Gasteiger partial charge in [0.1, 0.15) is 17.0 Å². The number of phenolic OH excluding ortho intramolecular Hbond substituents is 2. The Morgan fingerprint density at radius 2 is 1.63 bits per heavy atom. The van der Waals surface area contributed by atoms with Crippen LogP contribution in [0.4, 0.5) is 0 Å². The van der Waals surface area contributed by atoms with E-state index in [0.717, 1.165) is 45.1 Å². The molecule has 4 bridgehead atoms. The van der Waals surface area contributed by atoms with Gasteiger partial charge in [0, 0.05) is 41.7 Å². The Bertz CT molecular complexity index is 1920. The molecule has 4 N–H and O–H groups in total. The minimum absolute atomic E-state index is 0.0361. The van der Waals surface area contributed by atoms with Gasteiger partial charge in [0.05, 0.1) is 16.2 Å². The van der Waals surface area contributed by atoms with Gasteiger partial charge in [0.25, 0.3) is 5.91 Å². The monoisotopic (exact) mass is 707 g/mol. The van der Waals surface area contributed by atoms with Gasteiger partial charge in [-0.1, -0.05) is 81.3 Å². The van der Waals surface area contributed by atoms with Crippen molar-refractivity contribution in [3.8, 4) is 11.5 Å². The number of rotatable bonds is 13. The number of aromatic hydroxyl groups is 2. The summed E-state index contributed by atoms with van der Waals surface area (Å²) in [6, 6.07) is 6.81. The van der Waals surface area contributed by atoms with Crippen molar-refractivity contribution in [2.24, 2.45) is 22.7 Å². The van der Waals surface area contributed by atoms with E-state index < -0.39 is 28.8 Å². The number of dihydropyridines is 1. The van der Waals surface area contributed by atoms with Crippen molar-refractivity contribution in [3.05, 3.63) is 104 Å². The molecule has 1 heterocycles. The molecule has 9 heteroatoms. The summed E-state index contributed by atoms with van der Waals surface area (Å²) in [4.78, 5) is 44.0. The van der Waals surface area contributed by atoms with Crippen molar-refractivity contribution in [2.75, 3.05) is 13.1 Å². The molecule has 1 spiro atoms. The van der Waals surface area contributed by atoms with Crippen LogP contribution in [0.15, 0.2) is 81.5 Å². The number of hydrogen-bond donors (Lipinski definition) is 4. The molecule has 5 aliphatic rings. The lowest BCUT2D eigenvalue weighted by atomic mass is 9.69. The fraction of sp³-hybridized carbons (Fsp3) is 0.429. The number of carbonyl (C=O) groups is 3. The molecule has 4 unspecified atom stereocenters. The highest BCUT2D eigenvalue weighted by atomic mass is 35.5. The summed E-state index contributed by atoms with van der Waals surface area (Å²) in [7, 11) is 0. The molecule has 1 aliphatic heterocycles. The Kier molecular flexibility index (Phi) is 10.1. The zero-order chi connectivity index (χ0) is 35.7. The first-order valence-corrected chi connectivity index (χ1v) is 18.9. The lowest BCUT2D eigenvalue weighted by Gasteiger charge is -2.40. The van der Waals surface area contributed by atoms with Crippen molar-refractivity contribution in [2.45, 2.75) is 83.1 Å². The van der Waals surface area contributed by atoms with Crippen LogP contribution in [0.5, 0.6) is 11.5 Å². The Labute approximate surface area is 304 Å². The number of aliphatic imine (C=N–C) groups is 1. The Hall–Kier alpha value is -4.43. The molecule has 266 valence electrons. The Morgan fingerprint density at radius 3 is 2.41 bits per heavy atom. The van der Waals surface area contributed by atoms with Crippen LogP contribution in [0.1, 0.15) is 120 Å². The summed E-state index contributed by atoms with van der Waals surface area (Å²) >= 11 is 6.38. The van der Waals surface area contributed by atoms with Gasteiger partial charge in [-0.15, -0.1) is 0 Å². The number of halogens is 1. The standard InChI is InChI=1S/C42H46ClN3O5/c1-25-17-27-19-26-13-14-29-22-30(43)24-46-42(29,33(26)18-25)23-34(27)44-15-8-6-4-2-3-5-7-9-16-45-41(51)28-20-32-38(36(48)21-28)40(50)37-31(39(32)49)11-10-12-35(37)47/h10-12,14,18,20-27,44,47-48H,2-9,13,15-17,19H2,1H3,(H,45,51). The predicted octanol–water partition coefficient (Wildman–Crippen LogP) is 8.08. The second-order valence-corrected chi connectivity index (χ2v) is 15.2. The van der Waals surface area contributed by atoms with Gasteiger partial charge in [0.15, 0.2) is 5.78 Å². The molecule has 0 aromatic heterocycles. The third kappa shape index (κ3) is 6.83. The van der Waals surface area contributed by atoms with Crippen molar-refractivity contribution < 1.29 is 24.6 Å². The number of nitrogens with one attached hydrogen (secondary N) is 2. The quantitative estimate of drug-likeness (QED) is 0.105. The molecule has 0 radical (unpaired) electrons. The molecule has 2 aromatic rings. The van der Waals surface area contributed by atoms with Crippen molar-refractivity contribution in [3.63, 3.8) is 0 Å². The Morgan fingerprint density at radius 1 is 0.902 bits per heavy atom. The topological polar surface area (TPSA) is 128 Å². The molecule has 2 aromatic carbocycles. The average molecular weight is 708 g/mol. The van der Waals surface area contributed by atoms with E-state index in [-0.39, 0.29) is 33.6 Å². The maximum absolute atomic E-state index is 13.1. The number of hydrogen-bond acceptors (Lipinski definition) is 7. The normalized spacial score (nSPS) is 24.2. The summed E-state index contributed by atoms with van der Waals surface area (Å²) in [5.74, 6) is -0.734. The first kappa shape index (κ1) is 35.0. The van der Waals surface area contributed by atoms with E-state index in [1.165, 1.54) is 79.3 Å². The highest BCUT2D eigenvalue weighted by molar-refractivity contribution is 6.39. The summed E-state index contributed by atoms with van der Waals surface area (Å²) in [5.41, 5.74) is 3.46. The molecular weight excluding hydrogens is 662 g/mol. The SMILES string of the molecule is CC1C=C2C3CC=C4C=C(Cl)C=NC42C=C(NCCCCCCCCCCNC(=O)c2cc(O)c4c(c2)C(=O)c2cccc(O)c2C4=O)C(C1)C3. The third-order valence-electron chi connectivity index (χ3n) is 11.2. The molecule has 7 rings (SSSR count). The number of fused-ring (bicyclic) bond motifs is 3. The lowest BCUT2D eigenvalue weighted by Crippen LogP contribution is -2.37. The fourth-order valence-electron chi connectivity index (χ4n) is 8.70. The maximum atomic E-state index is 13.1. The molecular formula is C42H46ClN3O5. The zero-order valence-electron chi connectivity index (χ0n) is 29.1. The maximum Gasteiger partial charge on any atom is 0.251 e. The van der Waals surface area contributed by atoms with Crippen molar-refractivity contribution in [1.82, 2.24) is 10.6 Å². The lowest BCUT2D eigenvalue weighted by molar-refractivity contribution is 0.0948. The highest BCUT2D eigenvalue weighted by Gasteiger charge is 2.47. The van der Waals surface area contributed by atoms with Crippen molar-refractivity contribution >= 4 is 35.3 Å². The van der Waals surface area contributed by atoms with Crippen LogP contribution in [0.2, 0.25) is 0 Å². The molecule has 1 amide bonds. The van der Waals surface area contributed by atoms with E-state index in [1.807, 2.05) is 6.21 Å². The minimum atomic E-state index is -0.641. The van der Waals surface area contributed by atoms with Gasteiger partial charge in [-0.25, -0.2) is 0 Å². The molecule has 0 saturated carbocycles. The first-order chi connectivity index (χ1) is 24.7. The van der Waals surface area contributed by atoms with Gasteiger partial charge < -0.3 is 20.8 Å². The van der Waals surface area contributed by atoms with E-state index in [2.05, 4.69) is 41.9 Å². The summed E-state index contributed by atoms with van der Waals surface area (Å²) in [6.45, 7) is 3.79. The van der Waals surface area contributed by atoms with Crippen LogP contribution in [-0.4, -0.2) is 52.5 Å². The number of unbranched alkanes of at least 4 members (excludes halogenated alkanes) is 7. The van der Waals surface area contributed by atoms with Crippen LogP contribution >= 0.6 is 11.6 Å². The van der Waals surface area contributed by atoms with Gasteiger partial charge in [-0.05, 0) is 91.4 Å². The van der Waals surface area contributed by atoms with E-state index in [9.17, 15) is 24.6 Å². The first-order valence-electron chi connectivity index (χ1n) is 18.5. The van der Waals surface area contributed by atoms with Crippen LogP contribution in [-0.2, 0) is 0 Å². The third-order valence-corrected chi connectivity index (χ3v) is 11.4. The van der Waals surface area contributed by atoms with Gasteiger partial charge in [-0.3, -0.25) is 19.4 Å². The summed E-state index contributed by atoms with van der Waals surface area (Å²) < 4.78 is 0. The molecule has 4 aliphatic carbocycles. The second kappa shape index (κ2) is 14.7. The second-order valence-electron chi connectivity index (χ2n) is 14.8. The van der Waals surface area contributed by atoms with Gasteiger partial charge in [0.2, 0.25) is 5.78 Å². The van der Waals surface area contributed by atoms with E-state index in [1.54, 1.807) is 0 Å². The van der Waals surface area contributed by atoms with Crippen LogP contribution in [0, 0.1) is 17.8 Å². The fourth-order valence-corrected chi connectivity index (χ4v) is 8.87. The Balaban J connectivity index is 0.808. The predicted molar refractivity (Wildman–Crippen MR) is 200 cm³/mol. The van der Waals surface area contributed by atoms with Gasteiger partial charge >= 0.3 is 0 Å². The number of benzene rings is 2. The number of phenols is 2. The minimum Gasteiger partial charge on any atom is -0.507 e. The van der Waals surface area contributed by atoms with E-state index >= 15 is 0 Å². The zero-order valence-corrected chi connectivity index (χ0v) is 29.9. The van der Waals surface area contributed by atoms with Crippen LogP contribution < -0.4 is 10.6 Å². The summed E-state index contributed by atoms with van der Waals surface area (Å²) in [6.07, 6.45) is 23.4. The van der Waals surface area contributed by atoms with Crippen molar-refractivity contribution in [1.29, 1.82) is 0 Å². The highest BCUT2D eigenvalue weighted by Crippen LogP contribution is 2.53. The summed E-state index contributed by atoms with van der Waals surface area (Å²) in [5, 5.41) is 28.1. The molecule has 51 heavy (non-hydrogen) atoms. The van der Waals surface area contributed by atoms with E-state index in [4.69, 9.17) is 16.6 Å². The number of allylic oxidation sites excluding steroid dienone is 4. The average Bonchev–Trinajstić information content (AvgIpc) is 3.32. The van der Waals surface area contributed by atoms with Gasteiger partial charge in [-0.2, -0.15) is 0 Å². The largest absolute Gasteiger partial charge is 0.507 e. The molecule has 8 nitrogen and oxygen atoms in total.